The van der Waals surface area contributed by atoms with Crippen molar-refractivity contribution in [2.45, 2.75) is 44.6 Å². The lowest BCUT2D eigenvalue weighted by molar-refractivity contribution is -0.0864. The number of nitrogens with one attached hydrogen (secondary N) is 2. The molecule has 2 aromatic heterocycles. The summed E-state index contributed by atoms with van der Waals surface area (Å²) >= 11 is 3.39. The Morgan fingerprint density at radius 2 is 2.18 bits per heavy atom. The number of anilines is 2. The summed E-state index contributed by atoms with van der Waals surface area (Å²) in [7, 11) is 0. The van der Waals surface area contributed by atoms with E-state index in [0.717, 1.165) is 42.1 Å². The average Bonchev–Trinajstić information content (AvgIpc) is 2.63. The molecule has 0 saturated carbocycles. The van der Waals surface area contributed by atoms with E-state index in [1.807, 2.05) is 12.3 Å². The molecule has 7 nitrogen and oxygen atoms in total. The minimum atomic E-state index is -0.0659. The van der Waals surface area contributed by atoms with Gasteiger partial charge in [-0.15, -0.1) is 0 Å². The van der Waals surface area contributed by atoms with Gasteiger partial charge in [0.05, 0.1) is 36.2 Å². The van der Waals surface area contributed by atoms with E-state index in [1.165, 1.54) is 6.07 Å². The molecule has 4 heterocycles. The van der Waals surface area contributed by atoms with Crippen LogP contribution in [0.1, 0.15) is 20.3 Å². The summed E-state index contributed by atoms with van der Waals surface area (Å²) in [5.74, 6) is 0.738. The van der Waals surface area contributed by atoms with Crippen molar-refractivity contribution < 1.29 is 4.74 Å². The molecule has 0 aliphatic carbocycles. The minimum Gasteiger partial charge on any atom is -0.376 e. The summed E-state index contributed by atoms with van der Waals surface area (Å²) in [6.45, 7) is 7.61. The van der Waals surface area contributed by atoms with Crippen LogP contribution in [0.4, 0.5) is 11.5 Å². The highest BCUT2D eigenvalue weighted by atomic mass is 79.9. The van der Waals surface area contributed by atoms with Crippen LogP contribution >= 0.6 is 15.9 Å². The lowest BCUT2D eigenvalue weighted by Gasteiger charge is -2.53. The summed E-state index contributed by atoms with van der Waals surface area (Å²) in [6, 6.07) is 7.63. The predicted molar refractivity (Wildman–Crippen MR) is 114 cm³/mol. The molecule has 2 aliphatic rings. The molecular formula is C20H26BrN5O2. The second kappa shape index (κ2) is 7.85. The Morgan fingerprint density at radius 3 is 2.86 bits per heavy atom. The van der Waals surface area contributed by atoms with Crippen molar-refractivity contribution in [2.75, 3.05) is 29.9 Å². The molecule has 150 valence electrons. The Hall–Kier alpha value is -1.90. The van der Waals surface area contributed by atoms with Gasteiger partial charge >= 0.3 is 0 Å². The van der Waals surface area contributed by atoms with E-state index >= 15 is 0 Å². The summed E-state index contributed by atoms with van der Waals surface area (Å²) in [5.41, 5.74) is 0.976. The lowest BCUT2D eigenvalue weighted by atomic mass is 9.83. The number of halogens is 1. The van der Waals surface area contributed by atoms with Gasteiger partial charge in [-0.2, -0.15) is 0 Å². The molecule has 2 fully saturated rings. The van der Waals surface area contributed by atoms with Crippen LogP contribution in [0.3, 0.4) is 0 Å². The monoisotopic (exact) mass is 447 g/mol. The molecular weight excluding hydrogens is 422 g/mol. The van der Waals surface area contributed by atoms with E-state index < -0.39 is 0 Å². The van der Waals surface area contributed by atoms with Crippen LogP contribution in [0.15, 0.2) is 45.9 Å². The maximum absolute atomic E-state index is 11.9. The van der Waals surface area contributed by atoms with Gasteiger partial charge in [-0.05, 0) is 54.4 Å². The highest BCUT2D eigenvalue weighted by molar-refractivity contribution is 9.10. The third-order valence-corrected chi connectivity index (χ3v) is 6.17. The largest absolute Gasteiger partial charge is 0.376 e. The molecule has 2 atom stereocenters. The van der Waals surface area contributed by atoms with E-state index in [-0.39, 0.29) is 17.2 Å². The van der Waals surface area contributed by atoms with Crippen LogP contribution in [0.2, 0.25) is 0 Å². The van der Waals surface area contributed by atoms with Gasteiger partial charge < -0.3 is 20.3 Å². The summed E-state index contributed by atoms with van der Waals surface area (Å²) in [6.07, 6.45) is 5.06. The molecule has 2 N–H and O–H groups in total. The first kappa shape index (κ1) is 19.4. The summed E-state index contributed by atoms with van der Waals surface area (Å²) < 4.78 is 8.22. The Morgan fingerprint density at radius 1 is 1.36 bits per heavy atom. The summed E-state index contributed by atoms with van der Waals surface area (Å²) in [5, 5.41) is 6.84. The Bertz CT molecular complexity index is 879. The average molecular weight is 448 g/mol. The van der Waals surface area contributed by atoms with Crippen LogP contribution in [0.25, 0.3) is 0 Å². The van der Waals surface area contributed by atoms with Gasteiger partial charge in [-0.25, -0.2) is 4.98 Å². The highest BCUT2D eigenvalue weighted by Gasteiger charge is 2.45. The van der Waals surface area contributed by atoms with Crippen LogP contribution in [0, 0.1) is 0 Å². The molecule has 0 amide bonds. The van der Waals surface area contributed by atoms with Crippen molar-refractivity contribution in [2.24, 2.45) is 0 Å². The smallest absolute Gasteiger partial charge is 0.252 e. The number of hydrogen-bond donors (Lipinski definition) is 2. The van der Waals surface area contributed by atoms with Crippen LogP contribution in [0.5, 0.6) is 0 Å². The molecule has 0 bridgehead atoms. The van der Waals surface area contributed by atoms with E-state index in [9.17, 15) is 4.79 Å². The second-order valence-corrected chi connectivity index (χ2v) is 8.74. The molecule has 8 heteroatoms. The predicted octanol–water partition coefficient (Wildman–Crippen LogP) is 2.42. The first-order valence-corrected chi connectivity index (χ1v) is 10.4. The van der Waals surface area contributed by atoms with Crippen LogP contribution < -0.4 is 21.1 Å². The summed E-state index contributed by atoms with van der Waals surface area (Å²) in [4.78, 5) is 18.9. The number of rotatable bonds is 5. The van der Waals surface area contributed by atoms with Crippen molar-refractivity contribution in [1.29, 1.82) is 0 Å². The molecule has 0 aromatic carbocycles. The first-order chi connectivity index (χ1) is 13.4. The molecule has 2 saturated heterocycles. The maximum atomic E-state index is 11.9. The van der Waals surface area contributed by atoms with Crippen LogP contribution in [-0.4, -0.2) is 46.9 Å². The van der Waals surface area contributed by atoms with Gasteiger partial charge in [0, 0.05) is 36.4 Å². The number of ether oxygens (including phenoxy) is 1. The zero-order valence-corrected chi connectivity index (χ0v) is 17.8. The van der Waals surface area contributed by atoms with Gasteiger partial charge in [-0.3, -0.25) is 9.36 Å². The van der Waals surface area contributed by atoms with Crippen molar-refractivity contribution >= 4 is 27.4 Å². The lowest BCUT2D eigenvalue weighted by Crippen LogP contribution is -2.70. The number of piperazine rings is 1. The van der Waals surface area contributed by atoms with Crippen molar-refractivity contribution in [1.82, 2.24) is 14.9 Å². The Labute approximate surface area is 173 Å². The highest BCUT2D eigenvalue weighted by Crippen LogP contribution is 2.33. The molecule has 4 rings (SSSR count). The van der Waals surface area contributed by atoms with Crippen molar-refractivity contribution in [3.63, 3.8) is 0 Å². The minimum absolute atomic E-state index is 0.0564. The number of aromatic nitrogens is 2. The van der Waals surface area contributed by atoms with Gasteiger partial charge in [-0.1, -0.05) is 0 Å². The fourth-order valence-electron chi connectivity index (χ4n) is 4.04. The van der Waals surface area contributed by atoms with Gasteiger partial charge in [0.2, 0.25) is 0 Å². The zero-order valence-electron chi connectivity index (χ0n) is 16.2. The SMILES string of the molecule is CC1(C)C(C2CCO2)NCCN1c1ccc(NCn2cc(Br)ccc2=O)nc1. The molecule has 2 unspecified atom stereocenters. The molecule has 0 radical (unpaired) electrons. The topological polar surface area (TPSA) is 71.4 Å². The third kappa shape index (κ3) is 3.81. The van der Waals surface area contributed by atoms with Gasteiger partial charge in [0.15, 0.2) is 0 Å². The Kier molecular flexibility index (Phi) is 5.44. The van der Waals surface area contributed by atoms with Crippen molar-refractivity contribution in [3.05, 3.63) is 51.5 Å². The van der Waals surface area contributed by atoms with E-state index in [4.69, 9.17) is 4.74 Å². The molecule has 2 aliphatic heterocycles. The fraction of sp³-hybridized carbons (Fsp3) is 0.500. The normalized spacial score (nSPS) is 23.9. The van der Waals surface area contributed by atoms with Gasteiger partial charge in [0.25, 0.3) is 5.56 Å². The Balaban J connectivity index is 1.45. The number of nitrogens with zero attached hydrogens (tertiary/aromatic N) is 3. The number of hydrogen-bond acceptors (Lipinski definition) is 6. The van der Waals surface area contributed by atoms with E-state index in [2.05, 4.69) is 56.4 Å². The van der Waals surface area contributed by atoms with Gasteiger partial charge in [0.1, 0.15) is 5.82 Å². The molecule has 0 spiro atoms. The second-order valence-electron chi connectivity index (χ2n) is 7.83. The van der Waals surface area contributed by atoms with E-state index in [0.29, 0.717) is 12.7 Å². The zero-order chi connectivity index (χ0) is 19.7. The van der Waals surface area contributed by atoms with Crippen LogP contribution in [-0.2, 0) is 11.4 Å². The van der Waals surface area contributed by atoms with E-state index in [1.54, 1.807) is 16.8 Å². The van der Waals surface area contributed by atoms with Crippen molar-refractivity contribution in [3.8, 4) is 0 Å². The fourth-order valence-corrected chi connectivity index (χ4v) is 4.42. The molecule has 28 heavy (non-hydrogen) atoms. The standard InChI is InChI=1S/C20H26BrN5O2/c1-20(2)19(16-7-10-28-16)22-8-9-26(20)15-4-5-17(23-11-15)24-13-25-12-14(21)3-6-18(25)27/h3-6,11-12,16,19,22H,7-10,13H2,1-2H3,(H,23,24). The maximum Gasteiger partial charge on any atom is 0.252 e. The quantitative estimate of drug-likeness (QED) is 0.733. The third-order valence-electron chi connectivity index (χ3n) is 5.70. The first-order valence-electron chi connectivity index (χ1n) is 9.64. The number of pyridine rings is 2. The molecule has 2 aromatic rings.